The van der Waals surface area contributed by atoms with Gasteiger partial charge >= 0.3 is 17.1 Å². The molecule has 0 bridgehead atoms. The molecule has 0 saturated heterocycles. The van der Waals surface area contributed by atoms with Crippen LogP contribution in [0.4, 0.5) is 0 Å². The first-order chi connectivity index (χ1) is 9.20. The Labute approximate surface area is 204 Å². The van der Waals surface area contributed by atoms with E-state index >= 15 is 0 Å². The molecule has 26 heavy (non-hydrogen) atoms. The van der Waals surface area contributed by atoms with E-state index in [2.05, 4.69) is 0 Å². The molecule has 0 aromatic rings. The molecule has 0 aromatic heterocycles. The Balaban J connectivity index is -0.000000120. The number of carbonyl (C=O) groups is 4. The number of carboxylic acids is 4. The second kappa shape index (κ2) is 25.2. The number of carboxylic acid groups (broad SMARTS) is 4. The predicted octanol–water partition coefficient (Wildman–Crippen LogP) is -9.45. The molecule has 0 atom stereocenters. The van der Waals surface area contributed by atoms with Crippen molar-refractivity contribution in [2.75, 3.05) is 39.3 Å². The fourth-order valence-electron chi connectivity index (χ4n) is 1.44. The molecule has 0 spiro atoms. The topological polar surface area (TPSA) is 266 Å². The van der Waals surface area contributed by atoms with Crippen LogP contribution in [-0.4, -0.2) is 143 Å². The largest absolute Gasteiger partial charge is 3.00 e. The van der Waals surface area contributed by atoms with Gasteiger partial charge in [0.15, 0.2) is 0 Å². The van der Waals surface area contributed by atoms with Gasteiger partial charge < -0.3 is 56.7 Å². The van der Waals surface area contributed by atoms with Crippen molar-refractivity contribution in [2.24, 2.45) is 0 Å². The fourth-order valence-corrected chi connectivity index (χ4v) is 1.44. The predicted molar refractivity (Wildman–Crippen MR) is 77.6 cm³/mol. The van der Waals surface area contributed by atoms with Gasteiger partial charge in [-0.1, -0.05) is 0 Å². The van der Waals surface area contributed by atoms with Crippen LogP contribution in [0.3, 0.4) is 0 Å². The summed E-state index contributed by atoms with van der Waals surface area (Å²) in [6.07, 6.45) is 0. The third-order valence-electron chi connectivity index (χ3n) is 2.14. The first-order valence-corrected chi connectivity index (χ1v) is 5.44. The molecular formula is C10H20FeN3Na2O10. The minimum atomic E-state index is -1.53. The molecule has 16 heteroatoms. The van der Waals surface area contributed by atoms with Crippen molar-refractivity contribution in [2.45, 2.75) is 0 Å². The maximum absolute atomic E-state index is 10.4. The number of nitrogens with zero attached hydrogens (tertiary/aromatic N) is 2. The third-order valence-corrected chi connectivity index (χ3v) is 2.14. The van der Waals surface area contributed by atoms with Crippen LogP contribution in [-0.2, 0) is 36.2 Å². The number of carbonyl (C=O) groups excluding carboxylic acids is 4. The molecule has 0 saturated carbocycles. The summed E-state index contributed by atoms with van der Waals surface area (Å²) < 4.78 is 0. The van der Waals surface area contributed by atoms with E-state index in [1.165, 1.54) is 0 Å². The van der Waals surface area contributed by atoms with Gasteiger partial charge in [-0.05, 0) is 0 Å². The van der Waals surface area contributed by atoms with Gasteiger partial charge in [0.2, 0.25) is 0 Å². The minimum Gasteiger partial charge on any atom is -0.549 e. The summed E-state index contributed by atoms with van der Waals surface area (Å²) in [7, 11) is 0. The monoisotopic (exact) mass is 444 g/mol. The Kier molecular flexibility index (Phi) is 43.7. The zero-order valence-corrected chi connectivity index (χ0v) is 19.9. The fraction of sp³-hybridized carbons (Fsp3) is 0.600. The van der Waals surface area contributed by atoms with Crippen molar-refractivity contribution in [1.82, 2.24) is 16.0 Å². The van der Waals surface area contributed by atoms with Crippen LogP contribution < -0.4 is 26.6 Å². The van der Waals surface area contributed by atoms with E-state index in [1.807, 2.05) is 0 Å². The van der Waals surface area contributed by atoms with Crippen molar-refractivity contribution >= 4 is 83.0 Å². The van der Waals surface area contributed by atoms with Crippen LogP contribution in [0.15, 0.2) is 0 Å². The van der Waals surface area contributed by atoms with Gasteiger partial charge in [-0.2, -0.15) is 0 Å². The van der Waals surface area contributed by atoms with Crippen molar-refractivity contribution in [3.05, 3.63) is 0 Å². The molecule has 0 rings (SSSR count). The average molecular weight is 444 g/mol. The van der Waals surface area contributed by atoms with E-state index < -0.39 is 50.1 Å². The van der Waals surface area contributed by atoms with E-state index in [0.29, 0.717) is 0 Å². The van der Waals surface area contributed by atoms with Crippen molar-refractivity contribution in [3.8, 4) is 0 Å². The Morgan fingerprint density at radius 1 is 0.577 bits per heavy atom. The molecule has 0 unspecified atom stereocenters. The summed E-state index contributed by atoms with van der Waals surface area (Å²) in [4.78, 5) is 43.4. The molecule has 0 aliphatic carbocycles. The first kappa shape index (κ1) is 45.1. The number of hydrogen-bond donors (Lipinski definition) is 1. The normalized spacial score (nSPS) is 8.23. The quantitative estimate of drug-likeness (QED) is 0.294. The van der Waals surface area contributed by atoms with E-state index in [-0.39, 0.29) is 106 Å². The minimum absolute atomic E-state index is 0. The molecule has 145 valence electrons. The molecule has 13 nitrogen and oxygen atoms in total. The van der Waals surface area contributed by atoms with Crippen LogP contribution in [0.25, 0.3) is 0 Å². The molecule has 0 aliphatic heterocycles. The van der Waals surface area contributed by atoms with Gasteiger partial charge in [0.25, 0.3) is 0 Å². The zero-order chi connectivity index (χ0) is 15.7. The van der Waals surface area contributed by atoms with E-state index in [9.17, 15) is 39.6 Å². The summed E-state index contributed by atoms with van der Waals surface area (Å²) in [5.41, 5.74) is 0. The molecule has 0 aromatic carbocycles. The molecule has 0 heterocycles. The smallest absolute Gasteiger partial charge is 0.549 e. The Bertz CT molecular complexity index is 337. The summed E-state index contributed by atoms with van der Waals surface area (Å²) in [5, 5.41) is 41.6. The number of rotatable bonds is 11. The van der Waals surface area contributed by atoms with Crippen molar-refractivity contribution in [3.63, 3.8) is 0 Å². The van der Waals surface area contributed by atoms with Gasteiger partial charge in [0.05, 0.1) is 23.9 Å². The van der Waals surface area contributed by atoms with E-state index in [0.717, 1.165) is 9.80 Å². The van der Waals surface area contributed by atoms with Crippen molar-refractivity contribution < 1.29 is 67.6 Å². The van der Waals surface area contributed by atoms with Crippen LogP contribution in [0, 0.1) is 0 Å². The van der Waals surface area contributed by atoms with Crippen LogP contribution in [0.2, 0.25) is 0 Å². The molecular weight excluding hydrogens is 424 g/mol. The number of aliphatic carboxylic acids is 4. The third kappa shape index (κ3) is 29.0. The second-order valence-electron chi connectivity index (χ2n) is 3.91. The van der Waals surface area contributed by atoms with Crippen molar-refractivity contribution in [1.29, 1.82) is 0 Å². The number of quaternary nitrogens is 1. The summed E-state index contributed by atoms with van der Waals surface area (Å²) in [6.45, 7) is -3.25. The van der Waals surface area contributed by atoms with Gasteiger partial charge in [-0.15, -0.1) is 0 Å². The second-order valence-corrected chi connectivity index (χ2v) is 3.91. The first-order valence-electron chi connectivity index (χ1n) is 5.44. The maximum atomic E-state index is 10.4. The zero-order valence-electron chi connectivity index (χ0n) is 14.8. The average Bonchev–Trinajstić information content (AvgIpc) is 2.22. The van der Waals surface area contributed by atoms with Gasteiger partial charge in [-0.3, -0.25) is 9.80 Å². The van der Waals surface area contributed by atoms with E-state index in [4.69, 9.17) is 0 Å². The van der Waals surface area contributed by atoms with Gasteiger partial charge in [0, 0.05) is 98.4 Å². The van der Waals surface area contributed by atoms with E-state index in [1.54, 1.807) is 0 Å². The van der Waals surface area contributed by atoms with Gasteiger partial charge in [0.1, 0.15) is 0 Å². The Morgan fingerprint density at radius 3 is 0.846 bits per heavy atom. The molecule has 8 N–H and O–H groups in total. The van der Waals surface area contributed by atoms with Crippen LogP contribution in [0.1, 0.15) is 0 Å². The summed E-state index contributed by atoms with van der Waals surface area (Å²) in [6, 6.07) is 0. The molecule has 0 amide bonds. The summed E-state index contributed by atoms with van der Waals surface area (Å²) >= 11 is 0. The van der Waals surface area contributed by atoms with Gasteiger partial charge in [-0.25, -0.2) is 0 Å². The molecule has 0 fully saturated rings. The Hall–Kier alpha value is 0.199. The number of hydrogen-bond acceptors (Lipinski definition) is 10. The Morgan fingerprint density at radius 2 is 0.731 bits per heavy atom. The maximum Gasteiger partial charge on any atom is 3.00 e. The SMILES string of the molecule is O.O.O=C([O-])CN(CCN(CC(=O)[O-])CC(=O)[O-])CC(=O)[O-].[Fe+3].[NH4+].[Na].[Na]. The molecule has 0 aliphatic rings. The summed E-state index contributed by atoms with van der Waals surface area (Å²) in [5.74, 6) is -6.12. The standard InChI is InChI=1S/C10H16N2O8.Fe.H3N.2Na.2H2O/c13-7(14)3-11(4-8(15)16)1-2-12(5-9(17)18)6-10(19)20;;;;;;/h1-6H2,(H,13,14)(H,15,16)(H,17,18)(H,19,20);;1H3;;;2*1H2/q;+3;;;;;/p-3. The van der Waals surface area contributed by atoms with Crippen LogP contribution in [0.5, 0.6) is 0 Å². The molecule has 3 radical (unpaired) electrons. The van der Waals surface area contributed by atoms with Crippen LogP contribution >= 0.6 is 0 Å².